The summed E-state index contributed by atoms with van der Waals surface area (Å²) in [7, 11) is 0. The molecule has 4 rings (SSSR count). The van der Waals surface area contributed by atoms with Crippen LogP contribution in [0.1, 0.15) is 30.0 Å². The predicted octanol–water partition coefficient (Wildman–Crippen LogP) is 6.77. The lowest BCUT2D eigenvalue weighted by atomic mass is 10.1. The first-order valence-corrected chi connectivity index (χ1v) is 12.9. The average molecular weight is 577 g/mol. The summed E-state index contributed by atoms with van der Waals surface area (Å²) < 4.78 is 39.6. The van der Waals surface area contributed by atoms with Crippen molar-refractivity contribution < 1.29 is 23.1 Å². The van der Waals surface area contributed by atoms with Crippen LogP contribution in [0.2, 0.25) is 10.0 Å². The van der Waals surface area contributed by atoms with Gasteiger partial charge in [0.25, 0.3) is 5.91 Å². The van der Waals surface area contributed by atoms with Gasteiger partial charge in [-0.2, -0.15) is 13.2 Å². The van der Waals surface area contributed by atoms with Crippen molar-refractivity contribution in [3.63, 3.8) is 0 Å². The highest BCUT2D eigenvalue weighted by Gasteiger charge is 2.33. The molecule has 1 heterocycles. The molecular weight excluding hydrogens is 552 g/mol. The SMILES string of the molecule is CCCN(CCNN1C(=O)C(=Cc2ccc(O)cc2)N=C1c1ccccc1)c1c(Cl)cc(C(F)(F)F)cc1Cl. The molecule has 1 aliphatic heterocycles. The molecule has 204 valence electrons. The summed E-state index contributed by atoms with van der Waals surface area (Å²) in [6, 6.07) is 17.3. The first-order valence-electron chi connectivity index (χ1n) is 12.1. The molecule has 0 unspecified atom stereocenters. The molecule has 2 N–H and O–H groups in total. The number of amides is 1. The number of aliphatic imine (C=N–C) groups is 1. The third kappa shape index (κ3) is 6.73. The van der Waals surface area contributed by atoms with Crippen molar-refractivity contribution >= 4 is 46.7 Å². The zero-order valence-electron chi connectivity index (χ0n) is 20.8. The second-order valence-electron chi connectivity index (χ2n) is 8.74. The highest BCUT2D eigenvalue weighted by atomic mass is 35.5. The summed E-state index contributed by atoms with van der Waals surface area (Å²) in [5, 5.41) is 10.7. The molecule has 3 aromatic carbocycles. The zero-order chi connectivity index (χ0) is 28.2. The smallest absolute Gasteiger partial charge is 0.416 e. The van der Waals surface area contributed by atoms with E-state index in [4.69, 9.17) is 23.2 Å². The number of carbonyl (C=O) groups is 1. The number of hydrogen-bond acceptors (Lipinski definition) is 5. The van der Waals surface area contributed by atoms with E-state index in [0.717, 1.165) is 12.1 Å². The Balaban J connectivity index is 1.56. The van der Waals surface area contributed by atoms with E-state index < -0.39 is 11.7 Å². The van der Waals surface area contributed by atoms with Gasteiger partial charge >= 0.3 is 6.18 Å². The van der Waals surface area contributed by atoms with Crippen LogP contribution in [0.25, 0.3) is 6.08 Å². The molecule has 0 aliphatic carbocycles. The molecule has 0 fully saturated rings. The van der Waals surface area contributed by atoms with Crippen LogP contribution < -0.4 is 10.3 Å². The normalized spacial score (nSPS) is 14.7. The Morgan fingerprint density at radius 3 is 2.26 bits per heavy atom. The first kappa shape index (κ1) is 28.5. The van der Waals surface area contributed by atoms with E-state index >= 15 is 0 Å². The van der Waals surface area contributed by atoms with Crippen molar-refractivity contribution in [3.05, 3.63) is 99.2 Å². The topological polar surface area (TPSA) is 68.2 Å². The van der Waals surface area contributed by atoms with Crippen molar-refractivity contribution in [2.24, 2.45) is 4.99 Å². The van der Waals surface area contributed by atoms with Crippen molar-refractivity contribution in [1.29, 1.82) is 0 Å². The number of nitrogens with one attached hydrogen (secondary N) is 1. The van der Waals surface area contributed by atoms with Crippen LogP contribution >= 0.6 is 23.2 Å². The molecule has 1 aliphatic rings. The Bertz CT molecular complexity index is 1370. The van der Waals surface area contributed by atoms with Gasteiger partial charge in [0.1, 0.15) is 11.4 Å². The number of hydrogen-bond donors (Lipinski definition) is 2. The molecular formula is C28H25Cl2F3N4O2. The van der Waals surface area contributed by atoms with Gasteiger partial charge in [-0.1, -0.05) is 72.6 Å². The second-order valence-corrected chi connectivity index (χ2v) is 9.56. The molecule has 0 saturated heterocycles. The Morgan fingerprint density at radius 2 is 1.67 bits per heavy atom. The minimum Gasteiger partial charge on any atom is -0.508 e. The number of hydrazine groups is 1. The van der Waals surface area contributed by atoms with Gasteiger partial charge in [-0.3, -0.25) is 4.79 Å². The molecule has 3 aromatic rings. The molecule has 6 nitrogen and oxygen atoms in total. The number of phenols is 1. The Kier molecular flexibility index (Phi) is 8.84. The van der Waals surface area contributed by atoms with Crippen LogP contribution in [0.5, 0.6) is 5.75 Å². The number of rotatable bonds is 9. The number of phenolic OH excluding ortho intramolecular Hbond substituents is 1. The third-order valence-corrected chi connectivity index (χ3v) is 6.47. The fourth-order valence-corrected chi connectivity index (χ4v) is 4.83. The summed E-state index contributed by atoms with van der Waals surface area (Å²) >= 11 is 12.5. The van der Waals surface area contributed by atoms with Gasteiger partial charge in [0.05, 0.1) is 21.3 Å². The standard InChI is InChI=1S/C28H25Cl2F3N4O2/c1-2-13-36(25-22(29)16-20(17-23(25)30)28(31,32)33)14-12-34-37-26(19-6-4-3-5-7-19)35-24(27(37)39)15-18-8-10-21(38)11-9-18/h3-11,15-17,34,38H,2,12-14H2,1H3. The highest BCUT2D eigenvalue weighted by Crippen LogP contribution is 2.40. The van der Waals surface area contributed by atoms with E-state index in [2.05, 4.69) is 10.4 Å². The maximum atomic E-state index is 13.3. The summed E-state index contributed by atoms with van der Waals surface area (Å²) in [4.78, 5) is 19.7. The predicted molar refractivity (Wildman–Crippen MR) is 148 cm³/mol. The Hall–Kier alpha value is -3.53. The van der Waals surface area contributed by atoms with Gasteiger partial charge in [0.2, 0.25) is 0 Å². The Morgan fingerprint density at radius 1 is 1.03 bits per heavy atom. The van der Waals surface area contributed by atoms with E-state index in [-0.39, 0.29) is 33.9 Å². The maximum absolute atomic E-state index is 13.3. The van der Waals surface area contributed by atoms with E-state index in [1.165, 1.54) is 17.1 Å². The number of anilines is 1. The molecule has 0 bridgehead atoms. The molecule has 0 saturated carbocycles. The average Bonchev–Trinajstić information content (AvgIpc) is 3.19. The molecule has 39 heavy (non-hydrogen) atoms. The minimum absolute atomic E-state index is 0.105. The lowest BCUT2D eigenvalue weighted by Crippen LogP contribution is -2.47. The summed E-state index contributed by atoms with van der Waals surface area (Å²) in [6.45, 7) is 2.93. The number of amidine groups is 1. The quantitative estimate of drug-likeness (QED) is 0.276. The van der Waals surface area contributed by atoms with Gasteiger partial charge in [0, 0.05) is 25.2 Å². The van der Waals surface area contributed by atoms with Gasteiger partial charge in [-0.15, -0.1) is 0 Å². The number of alkyl halides is 3. The van der Waals surface area contributed by atoms with Gasteiger partial charge < -0.3 is 10.0 Å². The molecule has 1 amide bonds. The van der Waals surface area contributed by atoms with E-state index in [9.17, 15) is 23.1 Å². The van der Waals surface area contributed by atoms with Crippen LogP contribution in [0.3, 0.4) is 0 Å². The van der Waals surface area contributed by atoms with Gasteiger partial charge in [-0.05, 0) is 42.3 Å². The van der Waals surface area contributed by atoms with Crippen LogP contribution in [-0.2, 0) is 11.0 Å². The fourth-order valence-electron chi connectivity index (χ4n) is 4.11. The molecule has 0 radical (unpaired) electrons. The third-order valence-electron chi connectivity index (χ3n) is 5.89. The van der Waals surface area contributed by atoms with Crippen LogP contribution in [0.15, 0.2) is 77.4 Å². The van der Waals surface area contributed by atoms with Crippen molar-refractivity contribution in [2.45, 2.75) is 19.5 Å². The van der Waals surface area contributed by atoms with E-state index in [0.29, 0.717) is 42.2 Å². The number of benzene rings is 3. The number of carbonyl (C=O) groups excluding carboxylic acids is 1. The monoisotopic (exact) mass is 576 g/mol. The van der Waals surface area contributed by atoms with Crippen LogP contribution in [0.4, 0.5) is 18.9 Å². The molecule has 0 spiro atoms. The number of aromatic hydroxyl groups is 1. The molecule has 11 heteroatoms. The maximum Gasteiger partial charge on any atom is 0.416 e. The first-order chi connectivity index (χ1) is 18.6. The second kappa shape index (κ2) is 12.1. The lowest BCUT2D eigenvalue weighted by Gasteiger charge is -2.28. The van der Waals surface area contributed by atoms with Crippen molar-refractivity contribution in [1.82, 2.24) is 10.4 Å². The minimum atomic E-state index is -4.57. The fraction of sp³-hybridized carbons (Fsp3) is 0.214. The molecule has 0 atom stereocenters. The zero-order valence-corrected chi connectivity index (χ0v) is 22.4. The van der Waals surface area contributed by atoms with Gasteiger partial charge in [-0.25, -0.2) is 15.4 Å². The van der Waals surface area contributed by atoms with E-state index in [1.807, 2.05) is 37.3 Å². The van der Waals surface area contributed by atoms with E-state index in [1.54, 1.807) is 23.1 Å². The largest absolute Gasteiger partial charge is 0.508 e. The lowest BCUT2D eigenvalue weighted by molar-refractivity contribution is -0.137. The van der Waals surface area contributed by atoms with Crippen LogP contribution in [0, 0.1) is 0 Å². The summed E-state index contributed by atoms with van der Waals surface area (Å²) in [6.07, 6.45) is -2.26. The van der Waals surface area contributed by atoms with Crippen molar-refractivity contribution in [2.75, 3.05) is 24.5 Å². The summed E-state index contributed by atoms with van der Waals surface area (Å²) in [5.41, 5.74) is 4.08. The van der Waals surface area contributed by atoms with Gasteiger partial charge in [0.15, 0.2) is 5.84 Å². The number of halogens is 5. The molecule has 0 aromatic heterocycles. The highest BCUT2D eigenvalue weighted by molar-refractivity contribution is 6.39. The Labute approximate surface area is 233 Å². The van der Waals surface area contributed by atoms with Crippen molar-refractivity contribution in [3.8, 4) is 5.75 Å². The summed E-state index contributed by atoms with van der Waals surface area (Å²) in [5.74, 6) is 0.129. The van der Waals surface area contributed by atoms with Crippen LogP contribution in [-0.4, -0.2) is 41.5 Å². The number of nitrogens with zero attached hydrogens (tertiary/aromatic N) is 3.